The Hall–Kier alpha value is -1.19. The zero-order valence-corrected chi connectivity index (χ0v) is 24.5. The first kappa shape index (κ1) is 36.0. The van der Waals surface area contributed by atoms with Crippen LogP contribution >= 0.6 is 9.24 Å². The zero-order valence-electron chi connectivity index (χ0n) is 20.3. The van der Waals surface area contributed by atoms with E-state index in [0.717, 1.165) is 48.9 Å². The Kier molecular flexibility index (Phi) is 20.5. The Balaban J connectivity index is 0. The van der Waals surface area contributed by atoms with Crippen LogP contribution in [-0.4, -0.2) is 36.5 Å². The molecule has 0 aromatic heterocycles. The molecule has 1 fully saturated rings. The van der Waals surface area contributed by atoms with Crippen molar-refractivity contribution < 1.29 is 84.4 Å². The smallest absolute Gasteiger partial charge is 0.494 e. The van der Waals surface area contributed by atoms with E-state index in [0.29, 0.717) is 0 Å². The van der Waals surface area contributed by atoms with Crippen molar-refractivity contribution in [3.63, 3.8) is 0 Å². The minimum atomic E-state index is -3.20. The number of nitrogens with one attached hydrogen (secondary N) is 1. The predicted molar refractivity (Wildman–Crippen MR) is 132 cm³/mol. The van der Waals surface area contributed by atoms with Crippen LogP contribution in [0.5, 0.6) is 5.75 Å². The van der Waals surface area contributed by atoms with Gasteiger partial charge in [0, 0.05) is 11.4 Å². The van der Waals surface area contributed by atoms with Gasteiger partial charge in [0.1, 0.15) is 13.6 Å². The van der Waals surface area contributed by atoms with Gasteiger partial charge in [-0.3, -0.25) is 4.79 Å². The van der Waals surface area contributed by atoms with E-state index in [9.17, 15) is 18.7 Å². The minimum absolute atomic E-state index is 0. The van der Waals surface area contributed by atoms with Gasteiger partial charge in [0.05, 0.1) is 12.0 Å². The summed E-state index contributed by atoms with van der Waals surface area (Å²) >= 11 is 0. The molecule has 3 atom stereocenters. The van der Waals surface area contributed by atoms with E-state index in [1.165, 1.54) is 21.4 Å². The summed E-state index contributed by atoms with van der Waals surface area (Å²) in [6, 6.07) is 14.3. The van der Waals surface area contributed by atoms with Gasteiger partial charge in [0.15, 0.2) is 0 Å². The number of rotatable bonds is 5. The molecule has 0 radical (unpaired) electrons. The number of aryl methyl sites for hydroxylation is 1. The van der Waals surface area contributed by atoms with Gasteiger partial charge in [-0.05, 0) is 22.1 Å². The van der Waals surface area contributed by atoms with Crippen LogP contribution in [0.25, 0.3) is 0 Å². The van der Waals surface area contributed by atoms with Crippen molar-refractivity contribution in [1.82, 2.24) is 0 Å². The van der Waals surface area contributed by atoms with E-state index < -0.39 is 12.0 Å². The van der Waals surface area contributed by atoms with Crippen molar-refractivity contribution in [2.75, 3.05) is 5.32 Å². The summed E-state index contributed by atoms with van der Waals surface area (Å²) in [6.07, 6.45) is 3.95. The van der Waals surface area contributed by atoms with Crippen molar-refractivity contribution in [2.24, 2.45) is 5.92 Å². The molecule has 0 heterocycles. The number of hydrogen-bond acceptors (Lipinski definition) is 5. The van der Waals surface area contributed by atoms with Crippen LogP contribution in [0, 0.1) is 18.9 Å². The van der Waals surface area contributed by atoms with Crippen molar-refractivity contribution in [3.8, 4) is 5.75 Å². The monoisotopic (exact) mass is 534 g/mol. The summed E-state index contributed by atoms with van der Waals surface area (Å²) in [5.41, 5.74) is 2.94. The molecule has 0 saturated heterocycles. The summed E-state index contributed by atoms with van der Waals surface area (Å²) in [7, 11) is 1.30. The number of aliphatic hydroxyl groups is 1. The van der Waals surface area contributed by atoms with Crippen LogP contribution in [0.2, 0.25) is 0 Å². The van der Waals surface area contributed by atoms with E-state index in [-0.39, 0.29) is 69.0 Å². The molecule has 2 aromatic rings. The van der Waals surface area contributed by atoms with Crippen LogP contribution in [0.1, 0.15) is 43.7 Å². The fraction of sp³-hybridized carbons (Fsp3) is 0.360. The van der Waals surface area contributed by atoms with Gasteiger partial charge in [-0.15, -0.1) is 17.7 Å². The topological polar surface area (TPSA) is 92.7 Å². The van der Waals surface area contributed by atoms with E-state index >= 15 is 0 Å². The number of carbonyl (C=O) groups excluding carboxylic acids is 3. The number of aliphatic hydroxyl groups excluding tert-OH is 1. The Labute approximate surface area is 251 Å². The van der Waals surface area contributed by atoms with Crippen LogP contribution in [0.4, 0.5) is 14.5 Å². The number of alkyl halides is 2. The fourth-order valence-corrected chi connectivity index (χ4v) is 3.42. The number of hydrogen-bond donors (Lipinski definition) is 2. The maximum Gasteiger partial charge on any atom is 1.00 e. The second-order valence-corrected chi connectivity index (χ2v) is 7.86. The summed E-state index contributed by atoms with van der Waals surface area (Å²) < 4.78 is 28.5. The molecular formula is C25H32F2KNO5P-. The standard InChI is InChI=1S/C16H22NO2.C7H6F2OP.2CH2O.K/c1-3-12-10-13(9-8-11(12)2)17-16(19)14-6-4-5-7-15(14)18;8-7(9,11)10-6-4-2-1-3-5-6;2*1-2;/h8-10,14-15,18H,2-7H2,1H3,(H,17,19);1-2,4-5H,11H2;2*1H2;/q2*-1;;;+1. The van der Waals surface area contributed by atoms with Gasteiger partial charge in [-0.2, -0.15) is 45.5 Å². The number of amides is 1. The number of anilines is 1. The molecule has 3 rings (SSSR count). The molecular weight excluding hydrogens is 502 g/mol. The van der Waals surface area contributed by atoms with Crippen LogP contribution in [0.3, 0.4) is 0 Å². The van der Waals surface area contributed by atoms with Gasteiger partial charge in [0.2, 0.25) is 5.91 Å². The molecule has 10 heteroatoms. The molecule has 0 aliphatic heterocycles. The van der Waals surface area contributed by atoms with Gasteiger partial charge in [-0.25, -0.2) is 0 Å². The summed E-state index contributed by atoms with van der Waals surface area (Å²) in [5.74, 6) is -3.42. The maximum absolute atomic E-state index is 12.2. The van der Waals surface area contributed by atoms with Gasteiger partial charge in [-0.1, -0.05) is 38.3 Å². The molecule has 1 amide bonds. The van der Waals surface area contributed by atoms with E-state index in [1.807, 2.05) is 31.8 Å². The number of carbonyl (C=O) groups is 3. The number of benzene rings is 2. The van der Waals surface area contributed by atoms with Crippen LogP contribution in [0.15, 0.2) is 42.5 Å². The Morgan fingerprint density at radius 3 is 2.40 bits per heavy atom. The molecule has 1 saturated carbocycles. The Bertz CT molecular complexity index is 853. The van der Waals surface area contributed by atoms with E-state index in [4.69, 9.17) is 9.59 Å². The normalized spacial score (nSPS) is 16.3. The van der Waals surface area contributed by atoms with E-state index in [2.05, 4.69) is 30.0 Å². The first-order chi connectivity index (χ1) is 16.2. The van der Waals surface area contributed by atoms with Crippen LogP contribution in [-0.2, 0) is 20.8 Å². The van der Waals surface area contributed by atoms with E-state index in [1.54, 1.807) is 12.1 Å². The second-order valence-electron chi connectivity index (χ2n) is 7.19. The van der Waals surface area contributed by atoms with Gasteiger partial charge in [0.25, 0.3) is 0 Å². The third kappa shape index (κ3) is 14.8. The number of halogens is 2. The van der Waals surface area contributed by atoms with Crippen molar-refractivity contribution in [1.29, 1.82) is 0 Å². The molecule has 3 unspecified atom stereocenters. The Morgan fingerprint density at radius 1 is 1.26 bits per heavy atom. The van der Waals surface area contributed by atoms with Crippen LogP contribution < -0.4 is 61.4 Å². The van der Waals surface area contributed by atoms with Crippen molar-refractivity contribution in [2.45, 2.75) is 51.0 Å². The Morgan fingerprint density at radius 2 is 1.89 bits per heavy atom. The number of ether oxygens (including phenoxy) is 1. The molecule has 1 aliphatic carbocycles. The van der Waals surface area contributed by atoms with Crippen molar-refractivity contribution >= 4 is 34.4 Å². The predicted octanol–water partition coefficient (Wildman–Crippen LogP) is 1.85. The molecule has 35 heavy (non-hydrogen) atoms. The molecule has 2 aromatic carbocycles. The zero-order chi connectivity index (χ0) is 26.1. The van der Waals surface area contributed by atoms with Gasteiger partial charge < -0.3 is 24.7 Å². The molecule has 2 N–H and O–H groups in total. The second kappa shape index (κ2) is 19.9. The summed E-state index contributed by atoms with van der Waals surface area (Å²) in [6.45, 7) is 10.0. The molecule has 188 valence electrons. The average molecular weight is 535 g/mol. The summed E-state index contributed by atoms with van der Waals surface area (Å²) in [5, 5.41) is 12.8. The molecule has 1 aliphatic rings. The molecule has 0 bridgehead atoms. The third-order valence-corrected chi connectivity index (χ3v) is 4.97. The maximum atomic E-state index is 12.2. The molecule has 6 nitrogen and oxygen atoms in total. The largest absolute Gasteiger partial charge is 1.00 e. The fourth-order valence-electron chi connectivity index (χ4n) is 3.28. The SMILES string of the molecule is C=O.C=O.FC(F)(P)Oc1c[c-]ccc1.[CH2-]c1ccc(NC(=O)C2CCCCC2O)cc1CC.[K+]. The average Bonchev–Trinajstić information content (AvgIpc) is 2.83. The molecule has 0 spiro atoms. The quantitative estimate of drug-likeness (QED) is 0.347. The third-order valence-electron chi connectivity index (χ3n) is 4.85. The minimum Gasteiger partial charge on any atom is -0.494 e. The first-order valence-electron chi connectivity index (χ1n) is 10.5. The first-order valence-corrected chi connectivity index (χ1v) is 11.1. The summed E-state index contributed by atoms with van der Waals surface area (Å²) in [4.78, 5) is 28.2. The van der Waals surface area contributed by atoms with Crippen molar-refractivity contribution in [3.05, 3.63) is 66.6 Å². The van der Waals surface area contributed by atoms with Gasteiger partial charge >= 0.3 is 57.2 Å².